The van der Waals surface area contributed by atoms with Gasteiger partial charge in [0.05, 0.1) is 12.2 Å². The molecule has 0 aromatic rings. The van der Waals surface area contributed by atoms with E-state index in [4.69, 9.17) is 10.00 Å². The number of nitrogens with one attached hydrogen (secondary N) is 1. The molecule has 1 N–H and O–H groups in total. The summed E-state index contributed by atoms with van der Waals surface area (Å²) < 4.78 is 5.10. The van der Waals surface area contributed by atoms with Gasteiger partial charge in [-0.3, -0.25) is 5.32 Å². The Morgan fingerprint density at radius 1 is 1.67 bits per heavy atom. The lowest BCUT2D eigenvalue weighted by molar-refractivity contribution is 0.0934. The standard InChI is InChI=1S/C9H18N2O/c1-5-11-9(3,7-10)6-8(2)12-4/h8,11H,5-6H2,1-4H3. The Labute approximate surface area is 74.7 Å². The predicted octanol–water partition coefficient (Wildman–Crippen LogP) is 1.30. The lowest BCUT2D eigenvalue weighted by Crippen LogP contribution is -2.43. The molecule has 0 saturated carbocycles. The monoisotopic (exact) mass is 170 g/mol. The molecule has 0 fully saturated rings. The number of nitrogens with zero attached hydrogens (tertiary/aromatic N) is 1. The Kier molecular flexibility index (Phi) is 4.87. The van der Waals surface area contributed by atoms with Crippen molar-refractivity contribution >= 4 is 0 Å². The fourth-order valence-electron chi connectivity index (χ4n) is 1.21. The molecule has 0 radical (unpaired) electrons. The lowest BCUT2D eigenvalue weighted by atomic mass is 9.96. The number of ether oxygens (including phenoxy) is 1. The van der Waals surface area contributed by atoms with Gasteiger partial charge in [0.2, 0.25) is 0 Å². The maximum Gasteiger partial charge on any atom is 0.106 e. The van der Waals surface area contributed by atoms with Crippen LogP contribution in [0.2, 0.25) is 0 Å². The van der Waals surface area contributed by atoms with Crippen LogP contribution in [0.1, 0.15) is 27.2 Å². The van der Waals surface area contributed by atoms with Crippen molar-refractivity contribution in [3.8, 4) is 6.07 Å². The second-order valence-electron chi connectivity index (χ2n) is 3.22. The minimum absolute atomic E-state index is 0.119. The summed E-state index contributed by atoms with van der Waals surface area (Å²) >= 11 is 0. The number of methoxy groups -OCH3 is 1. The zero-order chi connectivity index (χ0) is 9.61. The first-order valence-electron chi connectivity index (χ1n) is 4.27. The Bertz CT molecular complexity index is 164. The maximum atomic E-state index is 8.89. The first-order valence-corrected chi connectivity index (χ1v) is 4.27. The molecule has 0 aliphatic rings. The van der Waals surface area contributed by atoms with E-state index in [2.05, 4.69) is 11.4 Å². The molecule has 0 amide bonds. The van der Waals surface area contributed by atoms with Crippen LogP contribution >= 0.6 is 0 Å². The summed E-state index contributed by atoms with van der Waals surface area (Å²) in [4.78, 5) is 0. The van der Waals surface area contributed by atoms with Gasteiger partial charge in [-0.1, -0.05) is 6.92 Å². The average molecular weight is 170 g/mol. The van der Waals surface area contributed by atoms with E-state index in [0.717, 1.165) is 6.54 Å². The first-order chi connectivity index (χ1) is 5.58. The van der Waals surface area contributed by atoms with Crippen molar-refractivity contribution in [3.63, 3.8) is 0 Å². The molecule has 0 aromatic heterocycles. The summed E-state index contributed by atoms with van der Waals surface area (Å²) in [5.74, 6) is 0. The molecule has 0 aliphatic heterocycles. The Morgan fingerprint density at radius 3 is 2.58 bits per heavy atom. The van der Waals surface area contributed by atoms with Gasteiger partial charge in [0, 0.05) is 13.5 Å². The molecule has 0 rings (SSSR count). The molecule has 0 aromatic carbocycles. The van der Waals surface area contributed by atoms with Gasteiger partial charge < -0.3 is 4.74 Å². The summed E-state index contributed by atoms with van der Waals surface area (Å²) in [5.41, 5.74) is -0.454. The predicted molar refractivity (Wildman–Crippen MR) is 48.8 cm³/mol. The van der Waals surface area contributed by atoms with E-state index in [9.17, 15) is 0 Å². The minimum atomic E-state index is -0.454. The van der Waals surface area contributed by atoms with Crippen molar-refractivity contribution in [2.24, 2.45) is 0 Å². The highest BCUT2D eigenvalue weighted by atomic mass is 16.5. The highest BCUT2D eigenvalue weighted by Gasteiger charge is 2.24. The molecule has 70 valence electrons. The second kappa shape index (κ2) is 5.13. The van der Waals surface area contributed by atoms with Crippen LogP contribution < -0.4 is 5.32 Å². The van der Waals surface area contributed by atoms with Crippen molar-refractivity contribution in [3.05, 3.63) is 0 Å². The summed E-state index contributed by atoms with van der Waals surface area (Å²) in [5, 5.41) is 12.0. The molecule has 0 bridgehead atoms. The third-order valence-corrected chi connectivity index (χ3v) is 1.91. The van der Waals surface area contributed by atoms with Crippen molar-refractivity contribution < 1.29 is 4.74 Å². The van der Waals surface area contributed by atoms with Crippen molar-refractivity contribution in [1.82, 2.24) is 5.32 Å². The van der Waals surface area contributed by atoms with Crippen LogP contribution in [0.4, 0.5) is 0 Å². The highest BCUT2D eigenvalue weighted by molar-refractivity contribution is 5.04. The van der Waals surface area contributed by atoms with Gasteiger partial charge in [0.25, 0.3) is 0 Å². The SMILES string of the molecule is CCNC(C)(C#N)CC(C)OC. The van der Waals surface area contributed by atoms with E-state index in [1.54, 1.807) is 7.11 Å². The molecule has 0 heterocycles. The Hall–Kier alpha value is -0.590. The first kappa shape index (κ1) is 11.4. The smallest absolute Gasteiger partial charge is 0.106 e. The van der Waals surface area contributed by atoms with Gasteiger partial charge in [0.1, 0.15) is 5.54 Å². The number of hydrogen-bond acceptors (Lipinski definition) is 3. The number of nitriles is 1. The van der Waals surface area contributed by atoms with Gasteiger partial charge in [-0.05, 0) is 20.4 Å². The molecule has 3 heteroatoms. The number of hydrogen-bond donors (Lipinski definition) is 1. The van der Waals surface area contributed by atoms with Crippen molar-refractivity contribution in [2.75, 3.05) is 13.7 Å². The molecule has 0 spiro atoms. The molecular weight excluding hydrogens is 152 g/mol. The van der Waals surface area contributed by atoms with Crippen LogP contribution in [0.3, 0.4) is 0 Å². The van der Waals surface area contributed by atoms with Gasteiger partial charge in [-0.25, -0.2) is 0 Å². The second-order valence-corrected chi connectivity index (χ2v) is 3.22. The summed E-state index contributed by atoms with van der Waals surface area (Å²) in [6.07, 6.45) is 0.835. The lowest BCUT2D eigenvalue weighted by Gasteiger charge is -2.25. The van der Waals surface area contributed by atoms with E-state index in [0.29, 0.717) is 6.42 Å². The van der Waals surface area contributed by atoms with Gasteiger partial charge >= 0.3 is 0 Å². The van der Waals surface area contributed by atoms with E-state index in [1.807, 2.05) is 20.8 Å². The van der Waals surface area contributed by atoms with Gasteiger partial charge in [-0.15, -0.1) is 0 Å². The average Bonchev–Trinajstić information content (AvgIpc) is 2.05. The van der Waals surface area contributed by atoms with E-state index < -0.39 is 5.54 Å². The molecule has 2 atom stereocenters. The van der Waals surface area contributed by atoms with Crippen LogP contribution in [-0.4, -0.2) is 25.3 Å². The normalized spacial score (nSPS) is 17.9. The van der Waals surface area contributed by atoms with Crippen molar-refractivity contribution in [2.45, 2.75) is 38.8 Å². The zero-order valence-electron chi connectivity index (χ0n) is 8.35. The van der Waals surface area contributed by atoms with Crippen molar-refractivity contribution in [1.29, 1.82) is 5.26 Å². The Balaban J connectivity index is 4.06. The summed E-state index contributed by atoms with van der Waals surface area (Å²) in [6, 6.07) is 2.25. The molecular formula is C9H18N2O. The minimum Gasteiger partial charge on any atom is -0.382 e. The maximum absolute atomic E-state index is 8.89. The molecule has 12 heavy (non-hydrogen) atoms. The van der Waals surface area contributed by atoms with Crippen LogP contribution in [0.5, 0.6) is 0 Å². The van der Waals surface area contributed by atoms with E-state index in [-0.39, 0.29) is 6.10 Å². The molecule has 3 nitrogen and oxygen atoms in total. The third kappa shape index (κ3) is 3.70. The molecule has 0 saturated heterocycles. The van der Waals surface area contributed by atoms with E-state index >= 15 is 0 Å². The van der Waals surface area contributed by atoms with Crippen LogP contribution in [0.15, 0.2) is 0 Å². The third-order valence-electron chi connectivity index (χ3n) is 1.91. The highest BCUT2D eigenvalue weighted by Crippen LogP contribution is 2.12. The topological polar surface area (TPSA) is 45.0 Å². The fraction of sp³-hybridized carbons (Fsp3) is 0.889. The summed E-state index contributed by atoms with van der Waals surface area (Å²) in [6.45, 7) is 6.66. The Morgan fingerprint density at radius 2 is 2.25 bits per heavy atom. The van der Waals surface area contributed by atoms with Crippen LogP contribution in [0, 0.1) is 11.3 Å². The van der Waals surface area contributed by atoms with Gasteiger partial charge in [-0.2, -0.15) is 5.26 Å². The molecule has 2 unspecified atom stereocenters. The van der Waals surface area contributed by atoms with E-state index in [1.165, 1.54) is 0 Å². The van der Waals surface area contributed by atoms with Gasteiger partial charge in [0.15, 0.2) is 0 Å². The van der Waals surface area contributed by atoms with Crippen LogP contribution in [-0.2, 0) is 4.74 Å². The fourth-order valence-corrected chi connectivity index (χ4v) is 1.21. The number of rotatable bonds is 5. The zero-order valence-corrected chi connectivity index (χ0v) is 8.35. The van der Waals surface area contributed by atoms with Crippen LogP contribution in [0.25, 0.3) is 0 Å². The molecule has 0 aliphatic carbocycles. The largest absolute Gasteiger partial charge is 0.382 e. The quantitative estimate of drug-likeness (QED) is 0.676. The summed E-state index contributed by atoms with van der Waals surface area (Å²) in [7, 11) is 1.66.